The molecular weight excluding hydrogens is 474 g/mol. The van der Waals surface area contributed by atoms with Gasteiger partial charge in [0, 0.05) is 6.42 Å². The number of benzene rings is 1. The zero-order valence-corrected chi connectivity index (χ0v) is 21.0. The Hall–Kier alpha value is -2.83. The van der Waals surface area contributed by atoms with Gasteiger partial charge in [-0.2, -0.15) is 11.8 Å². The number of rotatable bonds is 16. The molecule has 11 nitrogen and oxygen atoms in total. The molecule has 0 aliphatic heterocycles. The van der Waals surface area contributed by atoms with Crippen LogP contribution in [0.15, 0.2) is 24.3 Å². The summed E-state index contributed by atoms with van der Waals surface area (Å²) in [6, 6.07) is 2.02. The van der Waals surface area contributed by atoms with Crippen LogP contribution in [-0.2, 0) is 25.6 Å². The normalized spacial score (nSPS) is 14.3. The highest BCUT2D eigenvalue weighted by Gasteiger charge is 2.28. The molecule has 0 saturated carbocycles. The van der Waals surface area contributed by atoms with Crippen LogP contribution in [0.3, 0.4) is 0 Å². The van der Waals surface area contributed by atoms with Crippen LogP contribution in [0.25, 0.3) is 0 Å². The van der Waals surface area contributed by atoms with Crippen LogP contribution in [-0.4, -0.2) is 76.6 Å². The van der Waals surface area contributed by atoms with Crippen molar-refractivity contribution in [3.8, 4) is 5.75 Å². The van der Waals surface area contributed by atoms with Gasteiger partial charge >= 0.3 is 5.97 Å². The second-order valence-electron chi connectivity index (χ2n) is 8.23. The highest BCUT2D eigenvalue weighted by atomic mass is 32.2. The molecule has 0 bridgehead atoms. The Balaban J connectivity index is 2.73. The second-order valence-corrected chi connectivity index (χ2v) is 9.22. The topological polar surface area (TPSA) is 197 Å². The van der Waals surface area contributed by atoms with E-state index in [-0.39, 0.29) is 12.2 Å². The Labute approximate surface area is 209 Å². The van der Waals surface area contributed by atoms with E-state index >= 15 is 0 Å². The van der Waals surface area contributed by atoms with Gasteiger partial charge in [0.05, 0.1) is 6.04 Å². The molecule has 0 aliphatic rings. The predicted octanol–water partition coefficient (Wildman–Crippen LogP) is -0.297. The summed E-state index contributed by atoms with van der Waals surface area (Å²) in [6.07, 6.45) is 4.08. The molecular formula is C23H37N5O6S. The first kappa shape index (κ1) is 30.2. The number of carboxylic acid groups (broad SMARTS) is 1. The predicted molar refractivity (Wildman–Crippen MR) is 135 cm³/mol. The number of phenols is 1. The highest BCUT2D eigenvalue weighted by molar-refractivity contribution is 7.98. The lowest BCUT2D eigenvalue weighted by molar-refractivity contribution is -0.142. The minimum absolute atomic E-state index is 0.00350. The summed E-state index contributed by atoms with van der Waals surface area (Å²) in [4.78, 5) is 49.5. The van der Waals surface area contributed by atoms with Crippen molar-refractivity contribution in [1.82, 2.24) is 16.0 Å². The number of carbonyl (C=O) groups is 4. The minimum atomic E-state index is -1.24. The van der Waals surface area contributed by atoms with Gasteiger partial charge in [-0.05, 0) is 62.4 Å². The molecule has 0 aliphatic carbocycles. The zero-order valence-electron chi connectivity index (χ0n) is 20.2. The first-order valence-corrected chi connectivity index (χ1v) is 12.8. The maximum atomic E-state index is 12.8. The van der Waals surface area contributed by atoms with Gasteiger partial charge in [-0.15, -0.1) is 0 Å². The molecule has 0 radical (unpaired) electrons. The Kier molecular flexibility index (Phi) is 13.8. The molecule has 4 atom stereocenters. The largest absolute Gasteiger partial charge is 0.508 e. The lowest BCUT2D eigenvalue weighted by Crippen LogP contribution is -2.56. The van der Waals surface area contributed by atoms with E-state index in [1.54, 1.807) is 12.1 Å². The number of unbranched alkanes of at least 4 members (excludes halogenated alkanes) is 1. The van der Waals surface area contributed by atoms with Crippen molar-refractivity contribution in [2.45, 2.75) is 63.2 Å². The summed E-state index contributed by atoms with van der Waals surface area (Å²) in [5.74, 6) is -2.30. The van der Waals surface area contributed by atoms with Crippen molar-refractivity contribution in [3.05, 3.63) is 29.8 Å². The number of aromatic hydroxyl groups is 1. The van der Waals surface area contributed by atoms with Gasteiger partial charge in [0.2, 0.25) is 17.7 Å². The third-order valence-electron chi connectivity index (χ3n) is 5.29. The molecule has 0 aromatic heterocycles. The average molecular weight is 512 g/mol. The van der Waals surface area contributed by atoms with E-state index in [1.807, 2.05) is 6.26 Å². The van der Waals surface area contributed by atoms with Crippen molar-refractivity contribution in [1.29, 1.82) is 0 Å². The average Bonchev–Trinajstić information content (AvgIpc) is 2.82. The summed E-state index contributed by atoms with van der Waals surface area (Å²) >= 11 is 1.50. The first-order chi connectivity index (χ1) is 16.6. The monoisotopic (exact) mass is 511 g/mol. The van der Waals surface area contributed by atoms with Gasteiger partial charge < -0.3 is 37.6 Å². The molecule has 1 rings (SSSR count). The molecule has 4 unspecified atom stereocenters. The Morgan fingerprint density at radius 1 is 0.943 bits per heavy atom. The van der Waals surface area contributed by atoms with Crippen LogP contribution in [0, 0.1) is 0 Å². The standard InChI is InChI=1S/C23H37N5O6S/c1-14(20(30)28-19(23(33)34)13-15-6-8-16(29)9-7-15)26-22(32)18(10-12-35-2)27-21(31)17(25)5-3-4-11-24/h6-9,14,17-19,29H,3-5,10-13,24-25H2,1-2H3,(H,26,32)(H,27,31)(H,28,30)(H,33,34). The fourth-order valence-electron chi connectivity index (χ4n) is 3.17. The number of hydrogen-bond acceptors (Lipinski definition) is 8. The first-order valence-electron chi connectivity index (χ1n) is 11.4. The summed E-state index contributed by atoms with van der Waals surface area (Å²) in [5, 5.41) is 26.5. The van der Waals surface area contributed by atoms with E-state index in [1.165, 1.54) is 30.8 Å². The van der Waals surface area contributed by atoms with Crippen LogP contribution in [0.2, 0.25) is 0 Å². The van der Waals surface area contributed by atoms with E-state index in [4.69, 9.17) is 11.5 Å². The van der Waals surface area contributed by atoms with Gasteiger partial charge in [-0.1, -0.05) is 18.6 Å². The number of carbonyl (C=O) groups excluding carboxylic acids is 3. The van der Waals surface area contributed by atoms with Gasteiger partial charge in [0.15, 0.2) is 0 Å². The lowest BCUT2D eigenvalue weighted by atomic mass is 10.1. The number of phenolic OH excluding ortho intramolecular Hbond substituents is 1. The highest BCUT2D eigenvalue weighted by Crippen LogP contribution is 2.12. The number of aliphatic carboxylic acids is 1. The summed E-state index contributed by atoms with van der Waals surface area (Å²) in [6.45, 7) is 1.93. The van der Waals surface area contributed by atoms with Gasteiger partial charge in [0.1, 0.15) is 23.9 Å². The van der Waals surface area contributed by atoms with E-state index in [0.29, 0.717) is 37.1 Å². The van der Waals surface area contributed by atoms with Gasteiger partial charge in [-0.3, -0.25) is 14.4 Å². The molecule has 9 N–H and O–H groups in total. The molecule has 0 fully saturated rings. The van der Waals surface area contributed by atoms with E-state index in [2.05, 4.69) is 16.0 Å². The van der Waals surface area contributed by atoms with Gasteiger partial charge in [-0.25, -0.2) is 4.79 Å². The molecule has 35 heavy (non-hydrogen) atoms. The molecule has 0 saturated heterocycles. The summed E-state index contributed by atoms with van der Waals surface area (Å²) in [5.41, 5.74) is 12.0. The third-order valence-corrected chi connectivity index (χ3v) is 5.94. The molecule has 0 heterocycles. The van der Waals surface area contributed by atoms with Crippen molar-refractivity contribution in [3.63, 3.8) is 0 Å². The van der Waals surface area contributed by atoms with Crippen LogP contribution < -0.4 is 27.4 Å². The maximum absolute atomic E-state index is 12.8. The smallest absolute Gasteiger partial charge is 0.326 e. The number of thioether (sulfide) groups is 1. The minimum Gasteiger partial charge on any atom is -0.508 e. The molecule has 1 aromatic rings. The van der Waals surface area contributed by atoms with Crippen molar-refractivity contribution in [2.24, 2.45) is 11.5 Å². The van der Waals surface area contributed by atoms with Crippen molar-refractivity contribution < 1.29 is 29.4 Å². The van der Waals surface area contributed by atoms with Gasteiger partial charge in [0.25, 0.3) is 0 Å². The quantitative estimate of drug-likeness (QED) is 0.146. The third kappa shape index (κ3) is 11.4. The van der Waals surface area contributed by atoms with E-state index in [0.717, 1.165) is 6.42 Å². The maximum Gasteiger partial charge on any atom is 0.326 e. The van der Waals surface area contributed by atoms with Crippen molar-refractivity contribution >= 4 is 35.5 Å². The Morgan fingerprint density at radius 2 is 1.57 bits per heavy atom. The number of carboxylic acids is 1. The molecule has 1 aromatic carbocycles. The van der Waals surface area contributed by atoms with E-state index in [9.17, 15) is 29.4 Å². The number of nitrogens with two attached hydrogens (primary N) is 2. The second kappa shape index (κ2) is 16.0. The Morgan fingerprint density at radius 3 is 2.14 bits per heavy atom. The zero-order chi connectivity index (χ0) is 26.4. The molecule has 196 valence electrons. The molecule has 3 amide bonds. The van der Waals surface area contributed by atoms with Crippen molar-refractivity contribution in [2.75, 3.05) is 18.6 Å². The molecule has 0 spiro atoms. The number of hydrogen-bond donors (Lipinski definition) is 7. The van der Waals surface area contributed by atoms with Crippen LogP contribution in [0.1, 0.15) is 38.2 Å². The van der Waals surface area contributed by atoms with Crippen LogP contribution in [0.5, 0.6) is 5.75 Å². The Bertz CT molecular complexity index is 838. The molecule has 12 heteroatoms. The fourth-order valence-corrected chi connectivity index (χ4v) is 3.64. The van der Waals surface area contributed by atoms with E-state index < -0.39 is 47.9 Å². The summed E-state index contributed by atoms with van der Waals surface area (Å²) < 4.78 is 0. The summed E-state index contributed by atoms with van der Waals surface area (Å²) in [7, 11) is 0. The number of nitrogens with one attached hydrogen (secondary N) is 3. The lowest BCUT2D eigenvalue weighted by Gasteiger charge is -2.23. The van der Waals surface area contributed by atoms with Crippen LogP contribution >= 0.6 is 11.8 Å². The fraction of sp³-hybridized carbons (Fsp3) is 0.565. The van der Waals surface area contributed by atoms with Crippen LogP contribution in [0.4, 0.5) is 0 Å². The number of amides is 3. The SMILES string of the molecule is CSCCC(NC(=O)C(N)CCCCN)C(=O)NC(C)C(=O)NC(Cc1ccc(O)cc1)C(=O)O.